The summed E-state index contributed by atoms with van der Waals surface area (Å²) >= 11 is 0. The van der Waals surface area contributed by atoms with Crippen molar-refractivity contribution >= 4 is 40.5 Å². The van der Waals surface area contributed by atoms with Gasteiger partial charge in [-0.25, -0.2) is 4.79 Å². The molecule has 1 fully saturated rings. The van der Waals surface area contributed by atoms with Gasteiger partial charge in [-0.3, -0.25) is 19.2 Å². The van der Waals surface area contributed by atoms with Crippen LogP contribution in [-0.2, 0) is 30.4 Å². The van der Waals surface area contributed by atoms with E-state index in [4.69, 9.17) is 11.5 Å². The lowest BCUT2D eigenvalue weighted by Crippen LogP contribution is -2.58. The number of aliphatic carboxylic acids is 1. The number of aliphatic hydroxyl groups is 1. The molecule has 1 saturated heterocycles. The van der Waals surface area contributed by atoms with Crippen LogP contribution in [0.3, 0.4) is 0 Å². The molecule has 2 aromatic rings. The number of aromatic amines is 1. The maximum absolute atomic E-state index is 13.0. The standard InChI is InChI=1S/C24H32N6O7/c1-12(31)20(26)23(35)30-8-4-7-18(30)22(34)28-16(10-19(25)32)21(33)29-17(24(36)37)9-13-11-27-15-6-3-2-5-14(13)15/h2-3,5-6,11-12,16-18,20,27,31H,4,7-10,26H2,1H3,(H2,25,32)(H,28,34)(H,29,33)(H,36,37). The van der Waals surface area contributed by atoms with Crippen LogP contribution >= 0.6 is 0 Å². The van der Waals surface area contributed by atoms with Gasteiger partial charge in [0.2, 0.25) is 23.6 Å². The number of H-pyrrole nitrogens is 1. The van der Waals surface area contributed by atoms with Gasteiger partial charge in [0.1, 0.15) is 24.2 Å². The number of nitrogens with two attached hydrogens (primary N) is 2. The Hall–Kier alpha value is -3.97. The fraction of sp³-hybridized carbons (Fsp3) is 0.458. The number of nitrogens with zero attached hydrogens (tertiary/aromatic N) is 1. The topological polar surface area (TPSA) is 221 Å². The summed E-state index contributed by atoms with van der Waals surface area (Å²) in [6, 6.07) is 2.27. The Balaban J connectivity index is 1.73. The van der Waals surface area contributed by atoms with Crippen molar-refractivity contribution in [2.75, 3.05) is 6.54 Å². The zero-order valence-corrected chi connectivity index (χ0v) is 20.3. The highest BCUT2D eigenvalue weighted by atomic mass is 16.4. The first-order chi connectivity index (χ1) is 17.5. The fourth-order valence-corrected chi connectivity index (χ4v) is 4.37. The van der Waals surface area contributed by atoms with E-state index in [1.54, 1.807) is 12.3 Å². The van der Waals surface area contributed by atoms with Crippen LogP contribution < -0.4 is 22.1 Å². The van der Waals surface area contributed by atoms with E-state index < -0.39 is 66.3 Å². The molecule has 0 bridgehead atoms. The van der Waals surface area contributed by atoms with Gasteiger partial charge in [0.05, 0.1) is 12.5 Å². The lowest BCUT2D eigenvalue weighted by atomic mass is 10.0. The second-order valence-electron chi connectivity index (χ2n) is 9.15. The van der Waals surface area contributed by atoms with Crippen LogP contribution in [0.1, 0.15) is 31.7 Å². The summed E-state index contributed by atoms with van der Waals surface area (Å²) in [5, 5.41) is 25.0. The van der Waals surface area contributed by atoms with Gasteiger partial charge >= 0.3 is 5.97 Å². The molecular weight excluding hydrogens is 484 g/mol. The Morgan fingerprint density at radius 1 is 1.16 bits per heavy atom. The monoisotopic (exact) mass is 516 g/mol. The molecule has 200 valence electrons. The van der Waals surface area contributed by atoms with E-state index in [0.29, 0.717) is 12.0 Å². The number of rotatable bonds is 11. The summed E-state index contributed by atoms with van der Waals surface area (Å²) in [5.74, 6) is -4.43. The lowest BCUT2D eigenvalue weighted by Gasteiger charge is -2.29. The zero-order valence-electron chi connectivity index (χ0n) is 20.3. The number of aliphatic hydroxyl groups excluding tert-OH is 1. The second kappa shape index (κ2) is 11.8. The van der Waals surface area contributed by atoms with Crippen molar-refractivity contribution in [2.24, 2.45) is 11.5 Å². The van der Waals surface area contributed by atoms with E-state index >= 15 is 0 Å². The molecule has 0 saturated carbocycles. The number of carbonyl (C=O) groups is 5. The van der Waals surface area contributed by atoms with Crippen LogP contribution in [-0.4, -0.2) is 86.5 Å². The van der Waals surface area contributed by atoms with Crippen LogP contribution in [0.4, 0.5) is 0 Å². The maximum atomic E-state index is 13.0. The molecule has 2 heterocycles. The average Bonchev–Trinajstić information content (AvgIpc) is 3.49. The summed E-state index contributed by atoms with van der Waals surface area (Å²) < 4.78 is 0. The number of fused-ring (bicyclic) bond motifs is 1. The number of amides is 4. The van der Waals surface area contributed by atoms with E-state index in [1.807, 2.05) is 18.2 Å². The molecular formula is C24H32N6O7. The molecule has 4 amide bonds. The van der Waals surface area contributed by atoms with Crippen molar-refractivity contribution in [3.8, 4) is 0 Å². The van der Waals surface area contributed by atoms with Crippen LogP contribution in [0.2, 0.25) is 0 Å². The minimum atomic E-state index is -1.46. The molecule has 37 heavy (non-hydrogen) atoms. The minimum Gasteiger partial charge on any atom is -0.480 e. The third kappa shape index (κ3) is 6.62. The number of carbonyl (C=O) groups excluding carboxylic acids is 4. The number of aromatic nitrogens is 1. The molecule has 5 atom stereocenters. The Morgan fingerprint density at radius 2 is 1.86 bits per heavy atom. The van der Waals surface area contributed by atoms with Crippen molar-refractivity contribution in [1.82, 2.24) is 20.5 Å². The predicted molar refractivity (Wildman–Crippen MR) is 132 cm³/mol. The van der Waals surface area contributed by atoms with Crippen molar-refractivity contribution in [1.29, 1.82) is 0 Å². The molecule has 1 aliphatic heterocycles. The molecule has 5 unspecified atom stereocenters. The summed E-state index contributed by atoms with van der Waals surface area (Å²) in [6.45, 7) is 1.59. The van der Waals surface area contributed by atoms with E-state index in [0.717, 1.165) is 10.9 Å². The Morgan fingerprint density at radius 3 is 2.51 bits per heavy atom. The van der Waals surface area contributed by atoms with Gasteiger partial charge in [-0.2, -0.15) is 0 Å². The second-order valence-corrected chi connectivity index (χ2v) is 9.15. The molecule has 0 spiro atoms. The molecule has 0 radical (unpaired) electrons. The van der Waals surface area contributed by atoms with Crippen molar-refractivity contribution in [2.45, 2.75) is 62.9 Å². The normalized spacial score (nSPS) is 18.6. The number of carboxylic acids is 1. The highest BCUT2D eigenvalue weighted by Crippen LogP contribution is 2.20. The highest BCUT2D eigenvalue weighted by Gasteiger charge is 2.39. The fourth-order valence-electron chi connectivity index (χ4n) is 4.37. The zero-order chi connectivity index (χ0) is 27.3. The molecule has 3 rings (SSSR count). The van der Waals surface area contributed by atoms with Gasteiger partial charge in [-0.15, -0.1) is 0 Å². The number of carboxylic acid groups (broad SMARTS) is 1. The molecule has 1 aromatic heterocycles. The molecule has 13 heteroatoms. The van der Waals surface area contributed by atoms with Crippen molar-refractivity contribution in [3.63, 3.8) is 0 Å². The molecule has 0 aliphatic carbocycles. The minimum absolute atomic E-state index is 0.0511. The largest absolute Gasteiger partial charge is 0.480 e. The number of benzene rings is 1. The predicted octanol–water partition coefficient (Wildman–Crippen LogP) is -1.66. The highest BCUT2D eigenvalue weighted by molar-refractivity contribution is 5.96. The average molecular weight is 517 g/mol. The quantitative estimate of drug-likeness (QED) is 0.183. The third-order valence-electron chi connectivity index (χ3n) is 6.40. The molecule has 9 N–H and O–H groups in total. The SMILES string of the molecule is CC(O)C(N)C(=O)N1CCCC1C(=O)NC(CC(N)=O)C(=O)NC(Cc1c[nH]c2ccccc12)C(=O)O. The van der Waals surface area contributed by atoms with Crippen molar-refractivity contribution in [3.05, 3.63) is 36.0 Å². The summed E-state index contributed by atoms with van der Waals surface area (Å²) in [5.41, 5.74) is 12.5. The first kappa shape index (κ1) is 27.6. The van der Waals surface area contributed by atoms with Crippen LogP contribution in [0, 0.1) is 0 Å². The molecule has 1 aromatic carbocycles. The summed E-state index contributed by atoms with van der Waals surface area (Å²) in [6.07, 6.45) is 0.673. The van der Waals surface area contributed by atoms with Gasteiger partial charge in [-0.1, -0.05) is 18.2 Å². The smallest absolute Gasteiger partial charge is 0.326 e. The number of likely N-dealkylation sites (tertiary alicyclic amines) is 1. The Bertz CT molecular complexity index is 1180. The lowest BCUT2D eigenvalue weighted by molar-refractivity contribution is -0.143. The van der Waals surface area contributed by atoms with E-state index in [9.17, 15) is 34.2 Å². The number of hydrogen-bond acceptors (Lipinski definition) is 7. The van der Waals surface area contributed by atoms with Gasteiger partial charge in [0.15, 0.2) is 0 Å². The van der Waals surface area contributed by atoms with Gasteiger partial charge in [0.25, 0.3) is 0 Å². The molecule has 13 nitrogen and oxygen atoms in total. The Kier molecular flexibility index (Phi) is 8.84. The van der Waals surface area contributed by atoms with Gasteiger partial charge < -0.3 is 42.2 Å². The van der Waals surface area contributed by atoms with Crippen LogP contribution in [0.25, 0.3) is 10.9 Å². The third-order valence-corrected chi connectivity index (χ3v) is 6.40. The number of primary amides is 1. The van der Waals surface area contributed by atoms with Crippen LogP contribution in [0.15, 0.2) is 30.5 Å². The number of para-hydroxylation sites is 1. The molecule has 1 aliphatic rings. The van der Waals surface area contributed by atoms with Gasteiger partial charge in [-0.05, 0) is 31.4 Å². The van der Waals surface area contributed by atoms with E-state index in [2.05, 4.69) is 15.6 Å². The number of nitrogens with one attached hydrogen (secondary N) is 3. The maximum Gasteiger partial charge on any atom is 0.326 e. The van der Waals surface area contributed by atoms with Crippen LogP contribution in [0.5, 0.6) is 0 Å². The summed E-state index contributed by atoms with van der Waals surface area (Å²) in [4.78, 5) is 66.5. The van der Waals surface area contributed by atoms with Crippen molar-refractivity contribution < 1.29 is 34.2 Å². The first-order valence-corrected chi connectivity index (χ1v) is 11.9. The van der Waals surface area contributed by atoms with E-state index in [-0.39, 0.29) is 19.4 Å². The first-order valence-electron chi connectivity index (χ1n) is 11.9. The van der Waals surface area contributed by atoms with E-state index in [1.165, 1.54) is 11.8 Å². The summed E-state index contributed by atoms with van der Waals surface area (Å²) in [7, 11) is 0. The van der Waals surface area contributed by atoms with Gasteiger partial charge in [0, 0.05) is 30.1 Å². The Labute approximate surface area is 212 Å². The number of hydrogen-bond donors (Lipinski definition) is 7.